The fourth-order valence-corrected chi connectivity index (χ4v) is 1.57. The average Bonchev–Trinajstić information content (AvgIpc) is 2.31. The Morgan fingerprint density at radius 2 is 2.06 bits per heavy atom. The standard InChI is InChI=1S/C13H12N2O/c1-10-4-2-3-5-12(10)13(16)8-11-6-7-14-9-15-11/h2-7,9H,8H2,1H3. The number of ketones is 1. The lowest BCUT2D eigenvalue weighted by Crippen LogP contribution is -2.06. The molecule has 0 unspecified atom stereocenters. The van der Waals surface area contributed by atoms with Gasteiger partial charge < -0.3 is 0 Å². The largest absolute Gasteiger partial charge is 0.294 e. The third kappa shape index (κ3) is 2.31. The number of aromatic nitrogens is 2. The van der Waals surface area contributed by atoms with Crippen LogP contribution in [0, 0.1) is 6.92 Å². The van der Waals surface area contributed by atoms with E-state index in [4.69, 9.17) is 0 Å². The van der Waals surface area contributed by atoms with Crippen molar-refractivity contribution in [1.29, 1.82) is 0 Å². The molecule has 0 spiro atoms. The summed E-state index contributed by atoms with van der Waals surface area (Å²) in [6.07, 6.45) is 3.43. The highest BCUT2D eigenvalue weighted by atomic mass is 16.1. The molecule has 0 aliphatic heterocycles. The van der Waals surface area contributed by atoms with Gasteiger partial charge in [0.05, 0.1) is 12.1 Å². The Bertz CT molecular complexity index is 494. The number of Topliss-reactive ketones (excluding diaryl/α,β-unsaturated/α-hetero) is 1. The number of rotatable bonds is 3. The first-order chi connectivity index (χ1) is 7.77. The Morgan fingerprint density at radius 3 is 2.75 bits per heavy atom. The molecule has 0 amide bonds. The van der Waals surface area contributed by atoms with E-state index in [1.54, 1.807) is 12.3 Å². The van der Waals surface area contributed by atoms with Crippen molar-refractivity contribution < 1.29 is 4.79 Å². The first-order valence-corrected chi connectivity index (χ1v) is 5.11. The SMILES string of the molecule is Cc1ccccc1C(=O)Cc1ccncn1. The van der Waals surface area contributed by atoms with Gasteiger partial charge in [-0.15, -0.1) is 0 Å². The lowest BCUT2D eigenvalue weighted by molar-refractivity contribution is 0.0991. The first kappa shape index (κ1) is 10.5. The minimum atomic E-state index is 0.0943. The molecular weight excluding hydrogens is 200 g/mol. The van der Waals surface area contributed by atoms with Crippen LogP contribution in [0.15, 0.2) is 42.9 Å². The van der Waals surface area contributed by atoms with Crippen LogP contribution in [0.2, 0.25) is 0 Å². The van der Waals surface area contributed by atoms with Crippen molar-refractivity contribution >= 4 is 5.78 Å². The predicted octanol–water partition coefficient (Wildman–Crippen LogP) is 2.21. The second-order valence-corrected chi connectivity index (χ2v) is 3.62. The monoisotopic (exact) mass is 212 g/mol. The van der Waals surface area contributed by atoms with Gasteiger partial charge in [0.25, 0.3) is 0 Å². The van der Waals surface area contributed by atoms with E-state index < -0.39 is 0 Å². The molecule has 1 aromatic carbocycles. The summed E-state index contributed by atoms with van der Waals surface area (Å²) in [6, 6.07) is 9.35. The minimum absolute atomic E-state index is 0.0943. The summed E-state index contributed by atoms with van der Waals surface area (Å²) in [5.74, 6) is 0.0943. The molecule has 0 aliphatic carbocycles. The van der Waals surface area contributed by atoms with E-state index in [0.717, 1.165) is 16.8 Å². The Labute approximate surface area is 94.2 Å². The van der Waals surface area contributed by atoms with E-state index >= 15 is 0 Å². The number of benzene rings is 1. The number of nitrogens with zero attached hydrogens (tertiary/aromatic N) is 2. The van der Waals surface area contributed by atoms with Crippen molar-refractivity contribution in [3.05, 3.63) is 59.7 Å². The van der Waals surface area contributed by atoms with Gasteiger partial charge in [-0.1, -0.05) is 24.3 Å². The zero-order chi connectivity index (χ0) is 11.4. The van der Waals surface area contributed by atoms with Crippen LogP contribution in [-0.4, -0.2) is 15.8 Å². The van der Waals surface area contributed by atoms with Gasteiger partial charge in [0.1, 0.15) is 6.33 Å². The lowest BCUT2D eigenvalue weighted by Gasteiger charge is -2.03. The number of carbonyl (C=O) groups is 1. The van der Waals surface area contributed by atoms with Crippen LogP contribution in [0.1, 0.15) is 21.6 Å². The smallest absolute Gasteiger partial charge is 0.169 e. The van der Waals surface area contributed by atoms with E-state index in [1.165, 1.54) is 6.33 Å². The average molecular weight is 212 g/mol. The summed E-state index contributed by atoms with van der Waals surface area (Å²) in [7, 11) is 0. The van der Waals surface area contributed by atoms with Crippen molar-refractivity contribution in [2.24, 2.45) is 0 Å². The van der Waals surface area contributed by atoms with E-state index in [2.05, 4.69) is 9.97 Å². The van der Waals surface area contributed by atoms with Crippen molar-refractivity contribution in [2.75, 3.05) is 0 Å². The summed E-state index contributed by atoms with van der Waals surface area (Å²) in [4.78, 5) is 19.8. The van der Waals surface area contributed by atoms with Crippen molar-refractivity contribution in [3.63, 3.8) is 0 Å². The maximum Gasteiger partial charge on any atom is 0.169 e. The topological polar surface area (TPSA) is 42.9 Å². The maximum absolute atomic E-state index is 12.0. The van der Waals surface area contributed by atoms with Gasteiger partial charge >= 0.3 is 0 Å². The molecule has 0 bridgehead atoms. The summed E-state index contributed by atoms with van der Waals surface area (Å²) in [5, 5.41) is 0. The van der Waals surface area contributed by atoms with Gasteiger partial charge in [-0.05, 0) is 18.6 Å². The van der Waals surface area contributed by atoms with Gasteiger partial charge in [0, 0.05) is 11.8 Å². The molecule has 0 N–H and O–H groups in total. The molecule has 2 rings (SSSR count). The molecule has 1 aromatic heterocycles. The number of hydrogen-bond donors (Lipinski definition) is 0. The van der Waals surface area contributed by atoms with Crippen LogP contribution in [0.25, 0.3) is 0 Å². The Hall–Kier alpha value is -2.03. The molecule has 16 heavy (non-hydrogen) atoms. The molecular formula is C13H12N2O. The van der Waals surface area contributed by atoms with Gasteiger partial charge in [0.2, 0.25) is 0 Å². The van der Waals surface area contributed by atoms with E-state index in [9.17, 15) is 4.79 Å². The lowest BCUT2D eigenvalue weighted by atomic mass is 10.0. The van der Waals surface area contributed by atoms with Crippen molar-refractivity contribution in [3.8, 4) is 0 Å². The highest BCUT2D eigenvalue weighted by molar-refractivity contribution is 5.98. The molecule has 0 saturated heterocycles. The number of hydrogen-bond acceptors (Lipinski definition) is 3. The number of aryl methyl sites for hydroxylation is 1. The van der Waals surface area contributed by atoms with Gasteiger partial charge in [-0.25, -0.2) is 9.97 Å². The molecule has 1 heterocycles. The maximum atomic E-state index is 12.0. The first-order valence-electron chi connectivity index (χ1n) is 5.11. The second-order valence-electron chi connectivity index (χ2n) is 3.62. The van der Waals surface area contributed by atoms with Crippen LogP contribution in [0.4, 0.5) is 0 Å². The molecule has 0 saturated carbocycles. The zero-order valence-corrected chi connectivity index (χ0v) is 9.05. The predicted molar refractivity (Wildman–Crippen MR) is 61.2 cm³/mol. The van der Waals surface area contributed by atoms with Gasteiger partial charge in [-0.2, -0.15) is 0 Å². The normalized spacial score (nSPS) is 10.1. The van der Waals surface area contributed by atoms with E-state index in [1.807, 2.05) is 31.2 Å². The molecule has 2 aromatic rings. The van der Waals surface area contributed by atoms with Gasteiger partial charge in [0.15, 0.2) is 5.78 Å². The summed E-state index contributed by atoms with van der Waals surface area (Å²) < 4.78 is 0. The van der Waals surface area contributed by atoms with Crippen molar-refractivity contribution in [1.82, 2.24) is 9.97 Å². The van der Waals surface area contributed by atoms with Crippen LogP contribution < -0.4 is 0 Å². The molecule has 3 heteroatoms. The quantitative estimate of drug-likeness (QED) is 0.732. The van der Waals surface area contributed by atoms with Crippen LogP contribution in [-0.2, 0) is 6.42 Å². The highest BCUT2D eigenvalue weighted by Crippen LogP contribution is 2.10. The summed E-state index contributed by atoms with van der Waals surface area (Å²) in [6.45, 7) is 1.94. The molecule has 0 fully saturated rings. The molecule has 0 aliphatic rings. The van der Waals surface area contributed by atoms with Crippen molar-refractivity contribution in [2.45, 2.75) is 13.3 Å². The van der Waals surface area contributed by atoms with Gasteiger partial charge in [-0.3, -0.25) is 4.79 Å². The van der Waals surface area contributed by atoms with Crippen LogP contribution >= 0.6 is 0 Å². The number of carbonyl (C=O) groups excluding carboxylic acids is 1. The second kappa shape index (κ2) is 4.66. The molecule has 3 nitrogen and oxygen atoms in total. The Balaban J connectivity index is 2.19. The summed E-state index contributed by atoms with van der Waals surface area (Å²) in [5.41, 5.74) is 2.52. The van der Waals surface area contributed by atoms with Crippen LogP contribution in [0.3, 0.4) is 0 Å². The zero-order valence-electron chi connectivity index (χ0n) is 9.05. The van der Waals surface area contributed by atoms with Crippen LogP contribution in [0.5, 0.6) is 0 Å². The van der Waals surface area contributed by atoms with E-state index in [-0.39, 0.29) is 5.78 Å². The fourth-order valence-electron chi connectivity index (χ4n) is 1.57. The molecule has 80 valence electrons. The third-order valence-corrected chi connectivity index (χ3v) is 2.43. The third-order valence-electron chi connectivity index (χ3n) is 2.43. The summed E-state index contributed by atoms with van der Waals surface area (Å²) >= 11 is 0. The Kier molecular flexibility index (Phi) is 3.05. The molecule has 0 radical (unpaired) electrons. The van der Waals surface area contributed by atoms with E-state index in [0.29, 0.717) is 6.42 Å². The Morgan fingerprint density at radius 1 is 1.25 bits per heavy atom. The molecule has 0 atom stereocenters. The minimum Gasteiger partial charge on any atom is -0.294 e. The fraction of sp³-hybridized carbons (Fsp3) is 0.154. The highest BCUT2D eigenvalue weighted by Gasteiger charge is 2.09.